The Kier molecular flexibility index (Phi) is 5.29. The number of halogens is 4. The highest BCUT2D eigenvalue weighted by atomic mass is 32.1. The van der Waals surface area contributed by atoms with Crippen LogP contribution in [-0.2, 0) is 24.1 Å². The van der Waals surface area contributed by atoms with Gasteiger partial charge >= 0.3 is 0 Å². The van der Waals surface area contributed by atoms with Crippen LogP contribution in [0.4, 0.5) is 17.6 Å². The van der Waals surface area contributed by atoms with E-state index in [9.17, 15) is 17.6 Å². The molecule has 0 radical (unpaired) electrons. The third-order valence-electron chi connectivity index (χ3n) is 4.49. The Labute approximate surface area is 147 Å². The maximum absolute atomic E-state index is 14.1. The van der Waals surface area contributed by atoms with E-state index in [0.717, 1.165) is 17.8 Å². The quantitative estimate of drug-likeness (QED) is 0.351. The Morgan fingerprint density at radius 2 is 1.92 bits per heavy atom. The van der Waals surface area contributed by atoms with E-state index >= 15 is 0 Å². The molecule has 1 N–H and O–H groups in total. The van der Waals surface area contributed by atoms with E-state index in [1.54, 1.807) is 4.57 Å². The lowest BCUT2D eigenvalue weighted by Gasteiger charge is -2.13. The van der Waals surface area contributed by atoms with Crippen LogP contribution in [0.1, 0.15) is 36.2 Å². The summed E-state index contributed by atoms with van der Waals surface area (Å²) >= 11 is 5.26. The van der Waals surface area contributed by atoms with Crippen LogP contribution in [-0.4, -0.2) is 22.8 Å². The maximum Gasteiger partial charge on any atom is 0.177 e. The molecule has 3 rings (SSSR count). The van der Waals surface area contributed by atoms with Gasteiger partial charge in [-0.2, -0.15) is 0 Å². The van der Waals surface area contributed by atoms with Crippen molar-refractivity contribution in [3.8, 4) is 0 Å². The molecule has 0 aliphatic carbocycles. The molecule has 8 heteroatoms. The average molecular weight is 374 g/mol. The second kappa shape index (κ2) is 7.29. The molecule has 0 unspecified atom stereocenters. The summed E-state index contributed by atoms with van der Waals surface area (Å²) in [6.45, 7) is 3.33. The number of aromatic nitrogens is 2. The molecule has 25 heavy (non-hydrogen) atoms. The molecule has 136 valence electrons. The van der Waals surface area contributed by atoms with E-state index in [1.807, 2.05) is 6.92 Å². The maximum atomic E-state index is 14.1. The third-order valence-corrected chi connectivity index (χ3v) is 4.82. The van der Waals surface area contributed by atoms with Gasteiger partial charge in [0.25, 0.3) is 0 Å². The van der Waals surface area contributed by atoms with Gasteiger partial charge in [-0.1, -0.05) is 0 Å². The molecule has 1 aromatic carbocycles. The predicted molar refractivity (Wildman–Crippen MR) is 87.1 cm³/mol. The van der Waals surface area contributed by atoms with Crippen LogP contribution in [0.15, 0.2) is 6.07 Å². The van der Waals surface area contributed by atoms with Crippen molar-refractivity contribution in [3.05, 3.63) is 51.1 Å². The van der Waals surface area contributed by atoms with Crippen LogP contribution >= 0.6 is 12.2 Å². The van der Waals surface area contributed by atoms with Crippen LogP contribution < -0.4 is 0 Å². The first-order valence-electron chi connectivity index (χ1n) is 8.15. The Hall–Kier alpha value is -1.67. The van der Waals surface area contributed by atoms with Crippen molar-refractivity contribution < 1.29 is 22.3 Å². The molecule has 0 saturated carbocycles. The van der Waals surface area contributed by atoms with Crippen molar-refractivity contribution >= 4 is 12.2 Å². The summed E-state index contributed by atoms with van der Waals surface area (Å²) in [4.78, 5) is 3.10. The summed E-state index contributed by atoms with van der Waals surface area (Å²) in [5.41, 5.74) is 1.16. The molecule has 0 bridgehead atoms. The largest absolute Gasteiger partial charge is 0.382 e. The predicted octanol–water partition coefficient (Wildman–Crippen LogP) is 4.41. The standard InChI is InChI=1S/C17H18F4N2OS/c1-2-24-5-3-4-12-13-6-9(8-23(13)17(25)22-12)14-15(20)10(18)7-11(19)16(14)21/h7,9H,2-6,8H2,1H3,(H,22,25)/t9-/m0/s1. The number of nitrogens with zero attached hydrogens (tertiary/aromatic N) is 1. The number of hydrogen-bond acceptors (Lipinski definition) is 2. The van der Waals surface area contributed by atoms with Crippen LogP contribution in [0.3, 0.4) is 0 Å². The molecular weight excluding hydrogens is 356 g/mol. The van der Waals surface area contributed by atoms with Gasteiger partial charge in [-0.25, -0.2) is 17.6 Å². The van der Waals surface area contributed by atoms with Gasteiger partial charge < -0.3 is 14.3 Å². The van der Waals surface area contributed by atoms with Crippen molar-refractivity contribution in [2.24, 2.45) is 0 Å². The van der Waals surface area contributed by atoms with Gasteiger partial charge in [-0.15, -0.1) is 0 Å². The molecule has 2 heterocycles. The first kappa shape index (κ1) is 18.1. The summed E-state index contributed by atoms with van der Waals surface area (Å²) in [6.07, 6.45) is 1.73. The van der Waals surface area contributed by atoms with Crippen LogP contribution in [0.5, 0.6) is 0 Å². The Balaban J connectivity index is 1.86. The van der Waals surface area contributed by atoms with Gasteiger partial charge in [-0.05, 0) is 38.4 Å². The highest BCUT2D eigenvalue weighted by Crippen LogP contribution is 2.36. The molecule has 2 aromatic rings. The highest BCUT2D eigenvalue weighted by molar-refractivity contribution is 7.71. The number of ether oxygens (including phenoxy) is 1. The van der Waals surface area contributed by atoms with E-state index < -0.39 is 34.8 Å². The van der Waals surface area contributed by atoms with Crippen molar-refractivity contribution in [2.75, 3.05) is 13.2 Å². The number of fused-ring (bicyclic) bond motifs is 1. The van der Waals surface area contributed by atoms with Crippen molar-refractivity contribution in [1.29, 1.82) is 0 Å². The van der Waals surface area contributed by atoms with Crippen LogP contribution in [0.25, 0.3) is 0 Å². The van der Waals surface area contributed by atoms with E-state index in [0.29, 0.717) is 24.4 Å². The molecule has 1 atom stereocenters. The molecule has 0 amide bonds. The Morgan fingerprint density at radius 1 is 1.24 bits per heavy atom. The van der Waals surface area contributed by atoms with E-state index in [2.05, 4.69) is 4.98 Å². The zero-order chi connectivity index (χ0) is 18.1. The molecule has 1 aromatic heterocycles. The number of aromatic amines is 1. The first-order chi connectivity index (χ1) is 11.9. The van der Waals surface area contributed by atoms with Gasteiger partial charge in [0.1, 0.15) is 0 Å². The zero-order valence-electron chi connectivity index (χ0n) is 13.7. The Morgan fingerprint density at radius 3 is 2.56 bits per heavy atom. The second-order valence-electron chi connectivity index (χ2n) is 6.05. The fourth-order valence-corrected chi connectivity index (χ4v) is 3.65. The summed E-state index contributed by atoms with van der Waals surface area (Å²) < 4.78 is 62.6. The van der Waals surface area contributed by atoms with Crippen molar-refractivity contribution in [3.63, 3.8) is 0 Å². The lowest BCUT2D eigenvalue weighted by atomic mass is 9.94. The number of hydrogen-bond donors (Lipinski definition) is 1. The first-order valence-corrected chi connectivity index (χ1v) is 8.56. The summed E-state index contributed by atoms with van der Waals surface area (Å²) in [7, 11) is 0. The minimum absolute atomic E-state index is 0.187. The average Bonchev–Trinajstić information content (AvgIpc) is 3.11. The normalized spacial score (nSPS) is 16.4. The summed E-state index contributed by atoms with van der Waals surface area (Å²) in [6, 6.07) is 0.231. The molecule has 0 spiro atoms. The third kappa shape index (κ3) is 3.37. The van der Waals surface area contributed by atoms with Crippen molar-refractivity contribution in [1.82, 2.24) is 9.55 Å². The van der Waals surface area contributed by atoms with E-state index in [4.69, 9.17) is 17.0 Å². The topological polar surface area (TPSA) is 29.9 Å². The number of nitrogens with one attached hydrogen (secondary N) is 1. The molecular formula is C17H18F4N2OS. The molecule has 1 aliphatic rings. The van der Waals surface area contributed by atoms with E-state index in [-0.39, 0.29) is 19.0 Å². The van der Waals surface area contributed by atoms with Crippen LogP contribution in [0, 0.1) is 28.0 Å². The summed E-state index contributed by atoms with van der Waals surface area (Å²) in [5.74, 6) is -6.12. The van der Waals surface area contributed by atoms with Crippen molar-refractivity contribution in [2.45, 2.75) is 38.6 Å². The number of imidazole rings is 1. The number of H-pyrrole nitrogens is 1. The molecule has 3 nitrogen and oxygen atoms in total. The summed E-state index contributed by atoms with van der Waals surface area (Å²) in [5, 5.41) is 0. The second-order valence-corrected chi connectivity index (χ2v) is 6.44. The van der Waals surface area contributed by atoms with Crippen LogP contribution in [0.2, 0.25) is 0 Å². The smallest absolute Gasteiger partial charge is 0.177 e. The zero-order valence-corrected chi connectivity index (χ0v) is 14.5. The molecule has 0 saturated heterocycles. The fraction of sp³-hybridized carbons (Fsp3) is 0.471. The number of benzene rings is 1. The molecule has 1 aliphatic heterocycles. The van der Waals surface area contributed by atoms with Gasteiger partial charge in [-0.3, -0.25) is 0 Å². The SMILES string of the molecule is CCOCCCc1[nH]c(=S)n2c1C[C@H](c1c(F)c(F)cc(F)c1F)C2. The lowest BCUT2D eigenvalue weighted by Crippen LogP contribution is -2.10. The van der Waals surface area contributed by atoms with Gasteiger partial charge in [0, 0.05) is 48.7 Å². The van der Waals surface area contributed by atoms with Gasteiger partial charge in [0.2, 0.25) is 0 Å². The number of rotatable bonds is 6. The lowest BCUT2D eigenvalue weighted by molar-refractivity contribution is 0.145. The Bertz CT molecular complexity index is 820. The minimum atomic E-state index is -1.38. The van der Waals surface area contributed by atoms with Gasteiger partial charge in [0.15, 0.2) is 28.0 Å². The minimum Gasteiger partial charge on any atom is -0.382 e. The number of aryl methyl sites for hydroxylation is 1. The van der Waals surface area contributed by atoms with E-state index in [1.165, 1.54) is 0 Å². The fourth-order valence-electron chi connectivity index (χ4n) is 3.34. The highest BCUT2D eigenvalue weighted by Gasteiger charge is 2.33. The van der Waals surface area contributed by atoms with Gasteiger partial charge in [0.05, 0.1) is 0 Å². The monoisotopic (exact) mass is 374 g/mol. The molecule has 0 fully saturated rings.